The second-order valence-electron chi connectivity index (χ2n) is 9.52. The predicted molar refractivity (Wildman–Crippen MR) is 113 cm³/mol. The van der Waals surface area contributed by atoms with Gasteiger partial charge in [-0.15, -0.1) is 0 Å². The molecule has 2 nitrogen and oxygen atoms in total. The van der Waals surface area contributed by atoms with Gasteiger partial charge in [0.25, 0.3) is 0 Å². The third-order valence-corrected chi connectivity index (χ3v) is 6.44. The second kappa shape index (κ2) is 7.30. The summed E-state index contributed by atoms with van der Waals surface area (Å²) in [5, 5.41) is 0. The van der Waals surface area contributed by atoms with Gasteiger partial charge in [-0.3, -0.25) is 4.79 Å². The van der Waals surface area contributed by atoms with Gasteiger partial charge in [0.05, 0.1) is 12.5 Å². The molecule has 146 valence electrons. The van der Waals surface area contributed by atoms with Crippen molar-refractivity contribution in [1.82, 2.24) is 0 Å². The lowest BCUT2D eigenvalue weighted by Crippen LogP contribution is -2.33. The Balaban J connectivity index is 1.74. The standard InChI is InChI=1S/C25H34O2/c1-7-27-23(26)20-15-19(20)10-8-9-17(2)18-11-12-21-22(16-18)25(5,6)14-13-24(21,3)4/h8-12,16,19-20H,7,13-15H2,1-6H3/b10-8+,17-9+/t19-,20-/m1/s1. The fourth-order valence-corrected chi connectivity index (χ4v) is 4.22. The molecule has 2 atom stereocenters. The molecule has 0 spiro atoms. The molecule has 1 saturated carbocycles. The predicted octanol–water partition coefficient (Wildman–Crippen LogP) is 6.19. The number of fused-ring (bicyclic) bond motifs is 1. The summed E-state index contributed by atoms with van der Waals surface area (Å²) in [6.45, 7) is 14.0. The molecular weight excluding hydrogens is 332 g/mol. The van der Waals surface area contributed by atoms with E-state index in [1.54, 1.807) is 0 Å². The Morgan fingerprint density at radius 1 is 1.15 bits per heavy atom. The van der Waals surface area contributed by atoms with Crippen molar-refractivity contribution in [2.24, 2.45) is 11.8 Å². The summed E-state index contributed by atoms with van der Waals surface area (Å²) in [7, 11) is 0. The highest BCUT2D eigenvalue weighted by atomic mass is 16.5. The Labute approximate surface area is 164 Å². The molecule has 0 unspecified atom stereocenters. The van der Waals surface area contributed by atoms with Crippen LogP contribution >= 0.6 is 0 Å². The van der Waals surface area contributed by atoms with Crippen molar-refractivity contribution in [3.8, 4) is 0 Å². The first kappa shape index (κ1) is 19.9. The molecule has 0 bridgehead atoms. The lowest BCUT2D eigenvalue weighted by Gasteiger charge is -2.42. The molecule has 2 heteroatoms. The van der Waals surface area contributed by atoms with Gasteiger partial charge < -0.3 is 4.74 Å². The highest BCUT2D eigenvalue weighted by Crippen LogP contribution is 2.46. The van der Waals surface area contributed by atoms with Crippen LogP contribution in [0.3, 0.4) is 0 Å². The zero-order valence-electron chi connectivity index (χ0n) is 17.8. The molecule has 0 heterocycles. The van der Waals surface area contributed by atoms with Crippen molar-refractivity contribution in [3.05, 3.63) is 53.1 Å². The van der Waals surface area contributed by atoms with Gasteiger partial charge in [-0.05, 0) is 72.1 Å². The van der Waals surface area contributed by atoms with E-state index < -0.39 is 0 Å². The maximum Gasteiger partial charge on any atom is 0.309 e. The number of ether oxygens (including phenoxy) is 1. The molecule has 27 heavy (non-hydrogen) atoms. The van der Waals surface area contributed by atoms with Crippen LogP contribution < -0.4 is 0 Å². The first-order chi connectivity index (χ1) is 12.7. The van der Waals surface area contributed by atoms with E-state index >= 15 is 0 Å². The van der Waals surface area contributed by atoms with Crippen LogP contribution in [-0.4, -0.2) is 12.6 Å². The van der Waals surface area contributed by atoms with Crippen molar-refractivity contribution in [2.75, 3.05) is 6.61 Å². The van der Waals surface area contributed by atoms with Gasteiger partial charge in [0, 0.05) is 0 Å². The summed E-state index contributed by atoms with van der Waals surface area (Å²) < 4.78 is 5.09. The van der Waals surface area contributed by atoms with E-state index in [0.29, 0.717) is 12.5 Å². The Hall–Kier alpha value is -1.83. The smallest absolute Gasteiger partial charge is 0.309 e. The van der Waals surface area contributed by atoms with Gasteiger partial charge in [-0.25, -0.2) is 0 Å². The van der Waals surface area contributed by atoms with Gasteiger partial charge in [0.1, 0.15) is 0 Å². The van der Waals surface area contributed by atoms with Crippen molar-refractivity contribution in [1.29, 1.82) is 0 Å². The number of hydrogen-bond donors (Lipinski definition) is 0. The number of benzene rings is 1. The van der Waals surface area contributed by atoms with Crippen LogP contribution in [0.25, 0.3) is 5.57 Å². The van der Waals surface area contributed by atoms with Crippen LogP contribution in [0, 0.1) is 11.8 Å². The maximum absolute atomic E-state index is 11.7. The second-order valence-corrected chi connectivity index (χ2v) is 9.52. The summed E-state index contributed by atoms with van der Waals surface area (Å²) in [5.74, 6) is 0.366. The fraction of sp³-hybridized carbons (Fsp3) is 0.560. The van der Waals surface area contributed by atoms with Crippen molar-refractivity contribution < 1.29 is 9.53 Å². The summed E-state index contributed by atoms with van der Waals surface area (Å²) >= 11 is 0. The highest BCUT2D eigenvalue weighted by molar-refractivity contribution is 5.76. The number of allylic oxidation sites excluding steroid dienone is 4. The lowest BCUT2D eigenvalue weighted by atomic mass is 9.63. The van der Waals surface area contributed by atoms with Gasteiger partial charge in [0.15, 0.2) is 0 Å². The molecule has 3 rings (SSSR count). The zero-order valence-corrected chi connectivity index (χ0v) is 17.8. The quantitative estimate of drug-likeness (QED) is 0.458. The molecule has 0 aliphatic heterocycles. The number of hydrogen-bond acceptors (Lipinski definition) is 2. The van der Waals surface area contributed by atoms with E-state index in [4.69, 9.17) is 4.74 Å². The molecule has 1 aromatic carbocycles. The molecule has 0 N–H and O–H groups in total. The molecule has 0 saturated heterocycles. The van der Waals surface area contributed by atoms with Gasteiger partial charge in [-0.1, -0.05) is 64.1 Å². The van der Waals surface area contributed by atoms with Crippen LogP contribution in [0.4, 0.5) is 0 Å². The molecule has 0 radical (unpaired) electrons. The zero-order chi connectivity index (χ0) is 19.8. The van der Waals surface area contributed by atoms with E-state index in [2.05, 4.69) is 71.0 Å². The number of rotatable bonds is 5. The molecule has 2 aliphatic carbocycles. The summed E-state index contributed by atoms with van der Waals surface area (Å²) in [6.07, 6.45) is 9.82. The molecule has 1 fully saturated rings. The Morgan fingerprint density at radius 2 is 1.81 bits per heavy atom. The summed E-state index contributed by atoms with van der Waals surface area (Å²) in [5.41, 5.74) is 6.05. The van der Waals surface area contributed by atoms with E-state index in [9.17, 15) is 4.79 Å². The van der Waals surface area contributed by atoms with Crippen molar-refractivity contribution in [3.63, 3.8) is 0 Å². The Morgan fingerprint density at radius 3 is 2.48 bits per heavy atom. The minimum atomic E-state index is -0.0487. The molecule has 0 aromatic heterocycles. The van der Waals surface area contributed by atoms with Crippen molar-refractivity contribution in [2.45, 2.75) is 71.6 Å². The lowest BCUT2D eigenvalue weighted by molar-refractivity contribution is -0.144. The van der Waals surface area contributed by atoms with Gasteiger partial charge >= 0.3 is 5.97 Å². The average molecular weight is 367 g/mol. The minimum Gasteiger partial charge on any atom is -0.466 e. The van der Waals surface area contributed by atoms with Crippen LogP contribution in [0.15, 0.2) is 36.4 Å². The summed E-state index contributed by atoms with van der Waals surface area (Å²) in [4.78, 5) is 11.7. The van der Waals surface area contributed by atoms with Crippen LogP contribution in [-0.2, 0) is 20.4 Å². The molecule has 2 aliphatic rings. The molecular formula is C25H34O2. The SMILES string of the molecule is CCOC(=O)[C@@H]1C[C@H]1/C=C/C=C(\C)c1ccc2c(c1)C(C)(C)CCC2(C)C. The maximum atomic E-state index is 11.7. The topological polar surface area (TPSA) is 26.3 Å². The molecule has 0 amide bonds. The van der Waals surface area contributed by atoms with Gasteiger partial charge in [0.2, 0.25) is 0 Å². The first-order valence-corrected chi connectivity index (χ1v) is 10.3. The van der Waals surface area contributed by atoms with E-state index in [0.717, 1.165) is 6.42 Å². The van der Waals surface area contributed by atoms with Crippen LogP contribution in [0.2, 0.25) is 0 Å². The van der Waals surface area contributed by atoms with Crippen molar-refractivity contribution >= 4 is 11.5 Å². The number of carbonyl (C=O) groups excluding carboxylic acids is 1. The van der Waals surface area contributed by atoms with E-state index in [1.807, 2.05) is 6.92 Å². The monoisotopic (exact) mass is 366 g/mol. The third kappa shape index (κ3) is 4.20. The van der Waals surface area contributed by atoms with E-state index in [1.165, 1.54) is 35.1 Å². The van der Waals surface area contributed by atoms with Crippen LogP contribution in [0.5, 0.6) is 0 Å². The fourth-order valence-electron chi connectivity index (χ4n) is 4.22. The number of esters is 1. The van der Waals surface area contributed by atoms with Crippen LogP contribution in [0.1, 0.15) is 77.5 Å². The normalized spacial score (nSPS) is 25.9. The summed E-state index contributed by atoms with van der Waals surface area (Å²) in [6, 6.07) is 7.00. The average Bonchev–Trinajstić information content (AvgIpc) is 3.39. The Bertz CT molecular complexity index is 780. The first-order valence-electron chi connectivity index (χ1n) is 10.3. The Kier molecular flexibility index (Phi) is 5.38. The van der Waals surface area contributed by atoms with Gasteiger partial charge in [-0.2, -0.15) is 0 Å². The molecule has 1 aromatic rings. The highest BCUT2D eigenvalue weighted by Gasteiger charge is 2.42. The minimum absolute atomic E-state index is 0.0487. The largest absolute Gasteiger partial charge is 0.466 e. The number of carbonyl (C=O) groups is 1. The van der Waals surface area contributed by atoms with E-state index in [-0.39, 0.29) is 22.7 Å². The third-order valence-electron chi connectivity index (χ3n) is 6.44.